The summed E-state index contributed by atoms with van der Waals surface area (Å²) in [5, 5.41) is 0. The Morgan fingerprint density at radius 1 is 1.10 bits per heavy atom. The minimum absolute atomic E-state index is 0.110. The summed E-state index contributed by atoms with van der Waals surface area (Å²) in [7, 11) is 2.56. The second-order valence-electron chi connectivity index (χ2n) is 7.75. The molecule has 4 atom stereocenters. The van der Waals surface area contributed by atoms with Crippen LogP contribution in [0.1, 0.15) is 31.7 Å². The van der Waals surface area contributed by atoms with E-state index in [1.54, 1.807) is 25.1 Å². The number of esters is 2. The molecule has 8 heteroatoms. The van der Waals surface area contributed by atoms with Crippen LogP contribution in [0, 0.1) is 17.8 Å². The van der Waals surface area contributed by atoms with Gasteiger partial charge in [-0.15, -0.1) is 0 Å². The Labute approximate surface area is 173 Å². The summed E-state index contributed by atoms with van der Waals surface area (Å²) in [5.74, 6) is -2.84. The molecular formula is C22H23NO7. The topological polar surface area (TPSA) is 100 Å². The van der Waals surface area contributed by atoms with Crippen LogP contribution >= 0.6 is 0 Å². The lowest BCUT2D eigenvalue weighted by atomic mass is 9.63. The largest absolute Gasteiger partial charge is 0.468 e. The van der Waals surface area contributed by atoms with Gasteiger partial charge in [0.1, 0.15) is 5.92 Å². The molecule has 4 rings (SSSR count). The van der Waals surface area contributed by atoms with Gasteiger partial charge in [-0.2, -0.15) is 0 Å². The van der Waals surface area contributed by atoms with Crippen molar-refractivity contribution in [1.29, 1.82) is 0 Å². The highest BCUT2D eigenvalue weighted by Crippen LogP contribution is 2.47. The van der Waals surface area contributed by atoms with Crippen molar-refractivity contribution >= 4 is 23.4 Å². The molecule has 0 N–H and O–H groups in total. The van der Waals surface area contributed by atoms with Crippen LogP contribution in [0.2, 0.25) is 0 Å². The minimum atomic E-state index is -0.909. The lowest BCUT2D eigenvalue weighted by Crippen LogP contribution is -2.48. The number of fused-ring (bicyclic) bond motifs is 2. The Hall–Kier alpha value is -3.16. The molecule has 3 aliphatic rings. The van der Waals surface area contributed by atoms with Crippen molar-refractivity contribution in [3.05, 3.63) is 35.0 Å². The Bertz CT molecular complexity index is 993. The van der Waals surface area contributed by atoms with Crippen LogP contribution in [0.3, 0.4) is 0 Å². The quantitative estimate of drug-likeness (QED) is 0.554. The molecule has 0 spiro atoms. The Morgan fingerprint density at radius 3 is 2.53 bits per heavy atom. The van der Waals surface area contributed by atoms with E-state index in [9.17, 15) is 14.4 Å². The predicted octanol–water partition coefficient (Wildman–Crippen LogP) is 2.41. The number of aliphatic imine (C=N–C) groups is 1. The van der Waals surface area contributed by atoms with Gasteiger partial charge in [0.05, 0.1) is 25.7 Å². The zero-order chi connectivity index (χ0) is 21.6. The summed E-state index contributed by atoms with van der Waals surface area (Å²) in [6.45, 7) is 3.68. The first kappa shape index (κ1) is 20.1. The molecule has 158 valence electrons. The second kappa shape index (κ2) is 7.59. The summed E-state index contributed by atoms with van der Waals surface area (Å²) in [4.78, 5) is 43.2. The maximum absolute atomic E-state index is 13.5. The van der Waals surface area contributed by atoms with Gasteiger partial charge in [0.15, 0.2) is 17.3 Å². The number of hydrogen-bond donors (Lipinski definition) is 0. The van der Waals surface area contributed by atoms with Crippen molar-refractivity contribution in [3.8, 4) is 11.5 Å². The number of nitrogens with zero attached hydrogens (tertiary/aromatic N) is 1. The molecule has 1 saturated carbocycles. The van der Waals surface area contributed by atoms with Crippen molar-refractivity contribution in [2.45, 2.75) is 26.2 Å². The number of methoxy groups -OCH3 is 2. The third kappa shape index (κ3) is 3.07. The highest BCUT2D eigenvalue weighted by atomic mass is 16.7. The smallest absolute Gasteiger partial charge is 0.336 e. The van der Waals surface area contributed by atoms with Gasteiger partial charge in [0, 0.05) is 17.3 Å². The van der Waals surface area contributed by atoms with Crippen LogP contribution in [0.5, 0.6) is 11.5 Å². The number of allylic oxidation sites excluding steroid dienone is 1. The van der Waals surface area contributed by atoms with Crippen molar-refractivity contribution in [1.82, 2.24) is 0 Å². The fourth-order valence-electron chi connectivity index (χ4n) is 4.68. The molecule has 0 aromatic heterocycles. The number of rotatable bonds is 3. The van der Waals surface area contributed by atoms with Crippen LogP contribution < -0.4 is 9.47 Å². The van der Waals surface area contributed by atoms with E-state index in [1.807, 2.05) is 6.92 Å². The molecule has 2 heterocycles. The maximum atomic E-state index is 13.5. The zero-order valence-corrected chi connectivity index (χ0v) is 17.3. The van der Waals surface area contributed by atoms with Crippen molar-refractivity contribution in [3.63, 3.8) is 0 Å². The average Bonchev–Trinajstić information content (AvgIpc) is 3.19. The molecule has 30 heavy (non-hydrogen) atoms. The molecule has 1 aromatic rings. The summed E-state index contributed by atoms with van der Waals surface area (Å²) in [6.07, 6.45) is 0.461. The Kier molecular flexibility index (Phi) is 5.09. The normalized spacial score (nSPS) is 27.3. The van der Waals surface area contributed by atoms with E-state index in [0.29, 0.717) is 40.5 Å². The molecule has 1 aliphatic carbocycles. The molecule has 0 radical (unpaired) electrons. The standard InChI is InChI=1S/C22H23NO7/c1-10-7-13-19(20(24)16(10)21(25)27-3)18(17(11(2)23-13)22(26)28-4)12-5-6-14-15(8-12)30-9-29-14/h5-6,8,10,16,18-19H,7,9H2,1-4H3/t10-,16+,18+,19?/m0/s1. The fourth-order valence-corrected chi connectivity index (χ4v) is 4.68. The SMILES string of the molecule is COC(=O)C1=C(C)N=C2C[C@H](C)[C@@H](C(=O)OC)C(=O)C2[C@@H]1c1ccc2c(c1)OCO2. The third-order valence-corrected chi connectivity index (χ3v) is 6.03. The van der Waals surface area contributed by atoms with E-state index in [0.717, 1.165) is 0 Å². The number of ketones is 1. The molecule has 1 aromatic carbocycles. The highest BCUT2D eigenvalue weighted by molar-refractivity contribution is 6.17. The molecule has 1 unspecified atom stereocenters. The summed E-state index contributed by atoms with van der Waals surface area (Å²) >= 11 is 0. The minimum Gasteiger partial charge on any atom is -0.468 e. The van der Waals surface area contributed by atoms with E-state index >= 15 is 0 Å². The zero-order valence-electron chi connectivity index (χ0n) is 17.3. The van der Waals surface area contributed by atoms with Crippen molar-refractivity contribution in [2.75, 3.05) is 21.0 Å². The van der Waals surface area contributed by atoms with Crippen LogP contribution in [0.4, 0.5) is 0 Å². The van der Waals surface area contributed by atoms with Gasteiger partial charge in [-0.05, 0) is 37.0 Å². The van der Waals surface area contributed by atoms with Gasteiger partial charge in [-0.25, -0.2) is 4.79 Å². The van der Waals surface area contributed by atoms with E-state index in [4.69, 9.17) is 18.9 Å². The predicted molar refractivity (Wildman–Crippen MR) is 105 cm³/mol. The maximum Gasteiger partial charge on any atom is 0.336 e. The first-order valence-corrected chi connectivity index (χ1v) is 9.75. The highest BCUT2D eigenvalue weighted by Gasteiger charge is 2.51. The molecule has 8 nitrogen and oxygen atoms in total. The number of ether oxygens (including phenoxy) is 4. The van der Waals surface area contributed by atoms with Gasteiger partial charge in [-0.1, -0.05) is 13.0 Å². The second-order valence-corrected chi connectivity index (χ2v) is 7.75. The van der Waals surface area contributed by atoms with E-state index in [-0.39, 0.29) is 18.5 Å². The summed E-state index contributed by atoms with van der Waals surface area (Å²) in [5.41, 5.74) is 2.17. The number of hydrogen-bond acceptors (Lipinski definition) is 8. The lowest BCUT2D eigenvalue weighted by molar-refractivity contribution is -0.152. The van der Waals surface area contributed by atoms with E-state index in [2.05, 4.69) is 4.99 Å². The molecule has 0 amide bonds. The first-order chi connectivity index (χ1) is 14.4. The van der Waals surface area contributed by atoms with Crippen LogP contribution in [0.25, 0.3) is 0 Å². The molecular weight excluding hydrogens is 390 g/mol. The summed E-state index contributed by atoms with van der Waals surface area (Å²) < 4.78 is 20.8. The Balaban J connectivity index is 1.87. The van der Waals surface area contributed by atoms with E-state index in [1.165, 1.54) is 14.2 Å². The van der Waals surface area contributed by atoms with Gasteiger partial charge in [0.25, 0.3) is 0 Å². The van der Waals surface area contributed by atoms with Gasteiger partial charge >= 0.3 is 11.9 Å². The summed E-state index contributed by atoms with van der Waals surface area (Å²) in [6, 6.07) is 5.32. The average molecular weight is 413 g/mol. The number of benzene rings is 1. The van der Waals surface area contributed by atoms with Crippen molar-refractivity contribution < 1.29 is 33.3 Å². The van der Waals surface area contributed by atoms with E-state index < -0.39 is 29.7 Å². The van der Waals surface area contributed by atoms with Crippen LogP contribution in [-0.2, 0) is 23.9 Å². The van der Waals surface area contributed by atoms with Crippen LogP contribution in [-0.4, -0.2) is 44.4 Å². The number of Topliss-reactive ketones (excluding diaryl/α,β-unsaturated/α-hetero) is 1. The van der Waals surface area contributed by atoms with Gasteiger partial charge in [-0.3, -0.25) is 14.6 Å². The first-order valence-electron chi connectivity index (χ1n) is 9.75. The molecule has 2 aliphatic heterocycles. The van der Waals surface area contributed by atoms with Gasteiger partial charge < -0.3 is 18.9 Å². The molecule has 1 fully saturated rings. The number of carbonyl (C=O) groups is 3. The Morgan fingerprint density at radius 2 is 1.83 bits per heavy atom. The van der Waals surface area contributed by atoms with Gasteiger partial charge in [0.2, 0.25) is 6.79 Å². The van der Waals surface area contributed by atoms with Crippen LogP contribution in [0.15, 0.2) is 34.5 Å². The fraction of sp³-hybridized carbons (Fsp3) is 0.455. The lowest BCUT2D eigenvalue weighted by Gasteiger charge is -2.39. The molecule has 0 saturated heterocycles. The monoisotopic (exact) mass is 413 g/mol. The number of carbonyl (C=O) groups excluding carboxylic acids is 3. The van der Waals surface area contributed by atoms with Crippen molar-refractivity contribution in [2.24, 2.45) is 22.7 Å². The molecule has 0 bridgehead atoms. The third-order valence-electron chi connectivity index (χ3n) is 6.03.